The largest absolute Gasteiger partial charge is 0.351 e. The number of thioether (sulfide) groups is 1. The van der Waals surface area contributed by atoms with Gasteiger partial charge in [0.2, 0.25) is 5.91 Å². The van der Waals surface area contributed by atoms with Crippen LogP contribution >= 0.6 is 11.8 Å². The van der Waals surface area contributed by atoms with Crippen LogP contribution in [-0.4, -0.2) is 36.4 Å². The summed E-state index contributed by atoms with van der Waals surface area (Å²) >= 11 is 1.61. The summed E-state index contributed by atoms with van der Waals surface area (Å²) in [4.78, 5) is 24.0. The van der Waals surface area contributed by atoms with E-state index in [1.807, 2.05) is 0 Å². The van der Waals surface area contributed by atoms with E-state index in [1.165, 1.54) is 0 Å². The van der Waals surface area contributed by atoms with Crippen LogP contribution in [0.4, 0.5) is 5.69 Å². The average Bonchev–Trinajstić information content (AvgIpc) is 2.49. The van der Waals surface area contributed by atoms with Crippen molar-refractivity contribution in [2.75, 3.05) is 29.9 Å². The second-order valence-electron chi connectivity index (χ2n) is 5.37. The Hall–Kier alpha value is -1.53. The zero-order chi connectivity index (χ0) is 16.4. The number of carbonyl (C=O) groups is 2. The van der Waals surface area contributed by atoms with E-state index in [0.29, 0.717) is 36.0 Å². The number of nitrogens with one attached hydrogen (secondary N) is 2. The van der Waals surface area contributed by atoms with Crippen molar-refractivity contribution >= 4 is 29.3 Å². The van der Waals surface area contributed by atoms with Gasteiger partial charge in [0.25, 0.3) is 5.91 Å². The summed E-state index contributed by atoms with van der Waals surface area (Å²) < 4.78 is 0. The summed E-state index contributed by atoms with van der Waals surface area (Å²) in [6, 6.07) is 6.98. The Bertz CT molecular complexity index is 492. The normalized spacial score (nSPS) is 10.5. The topological polar surface area (TPSA) is 84.2 Å². The highest BCUT2D eigenvalue weighted by Crippen LogP contribution is 2.16. The Balaban J connectivity index is 2.54. The summed E-state index contributed by atoms with van der Waals surface area (Å²) in [5.74, 6) is 1.68. The first-order valence-electron chi connectivity index (χ1n) is 7.49. The van der Waals surface area contributed by atoms with Crippen LogP contribution in [0.2, 0.25) is 0 Å². The van der Waals surface area contributed by atoms with Crippen LogP contribution in [0.25, 0.3) is 0 Å². The maximum Gasteiger partial charge on any atom is 0.253 e. The van der Waals surface area contributed by atoms with Gasteiger partial charge in [0, 0.05) is 13.1 Å². The van der Waals surface area contributed by atoms with Gasteiger partial charge in [-0.25, -0.2) is 0 Å². The molecular formula is C16H25N3O2S. The zero-order valence-corrected chi connectivity index (χ0v) is 14.0. The highest BCUT2D eigenvalue weighted by Gasteiger charge is 2.12. The van der Waals surface area contributed by atoms with Crippen molar-refractivity contribution in [3.05, 3.63) is 29.8 Å². The molecule has 5 nitrogen and oxygen atoms in total. The van der Waals surface area contributed by atoms with Crippen LogP contribution in [0.1, 0.15) is 30.6 Å². The number of amides is 2. The summed E-state index contributed by atoms with van der Waals surface area (Å²) in [6.45, 7) is 5.12. The van der Waals surface area contributed by atoms with Crippen LogP contribution in [0.15, 0.2) is 24.3 Å². The zero-order valence-electron chi connectivity index (χ0n) is 13.2. The highest BCUT2D eigenvalue weighted by molar-refractivity contribution is 7.99. The molecule has 122 valence electrons. The highest BCUT2D eigenvalue weighted by atomic mass is 32.2. The van der Waals surface area contributed by atoms with E-state index >= 15 is 0 Å². The number of hydrogen-bond donors (Lipinski definition) is 3. The fraction of sp³-hybridized carbons (Fsp3) is 0.500. The number of nitrogens with two attached hydrogens (primary N) is 1. The molecule has 0 aromatic heterocycles. The minimum atomic E-state index is -0.228. The Morgan fingerprint density at radius 2 is 2.00 bits per heavy atom. The number of rotatable bonds is 9. The first-order chi connectivity index (χ1) is 10.5. The van der Waals surface area contributed by atoms with Crippen LogP contribution in [0, 0.1) is 5.92 Å². The molecule has 0 unspecified atom stereocenters. The molecule has 0 aliphatic carbocycles. The van der Waals surface area contributed by atoms with Crippen LogP contribution in [0.5, 0.6) is 0 Å². The van der Waals surface area contributed by atoms with Gasteiger partial charge in [-0.15, -0.1) is 0 Å². The van der Waals surface area contributed by atoms with Crippen LogP contribution in [0.3, 0.4) is 0 Å². The van der Waals surface area contributed by atoms with E-state index in [9.17, 15) is 9.59 Å². The molecule has 0 spiro atoms. The van der Waals surface area contributed by atoms with Gasteiger partial charge in [-0.2, -0.15) is 11.8 Å². The molecule has 22 heavy (non-hydrogen) atoms. The predicted octanol–water partition coefficient (Wildman–Crippen LogP) is 2.09. The number of para-hydroxylation sites is 1. The molecule has 0 fully saturated rings. The van der Waals surface area contributed by atoms with Crippen LogP contribution < -0.4 is 16.4 Å². The van der Waals surface area contributed by atoms with Gasteiger partial charge in [-0.3, -0.25) is 9.59 Å². The molecule has 1 rings (SSSR count). The van der Waals surface area contributed by atoms with Crippen molar-refractivity contribution in [1.82, 2.24) is 5.32 Å². The molecule has 0 aliphatic heterocycles. The molecule has 6 heteroatoms. The van der Waals surface area contributed by atoms with Gasteiger partial charge in [-0.05, 0) is 30.2 Å². The van der Waals surface area contributed by atoms with Gasteiger partial charge in [0.05, 0.1) is 17.0 Å². The molecule has 0 heterocycles. The van der Waals surface area contributed by atoms with Crippen molar-refractivity contribution < 1.29 is 9.59 Å². The van der Waals surface area contributed by atoms with E-state index in [-0.39, 0.29) is 11.8 Å². The first kappa shape index (κ1) is 18.5. The lowest BCUT2D eigenvalue weighted by Gasteiger charge is -2.11. The summed E-state index contributed by atoms with van der Waals surface area (Å²) in [5.41, 5.74) is 6.36. The second kappa shape index (κ2) is 10.2. The van der Waals surface area contributed by atoms with Crippen molar-refractivity contribution in [1.29, 1.82) is 0 Å². The number of anilines is 1. The maximum atomic E-state index is 12.0. The van der Waals surface area contributed by atoms with E-state index < -0.39 is 0 Å². The van der Waals surface area contributed by atoms with E-state index in [1.54, 1.807) is 36.0 Å². The lowest BCUT2D eigenvalue weighted by Crippen LogP contribution is -2.30. The molecule has 0 bridgehead atoms. The monoisotopic (exact) mass is 323 g/mol. The van der Waals surface area contributed by atoms with Crippen molar-refractivity contribution in [2.45, 2.75) is 20.3 Å². The average molecular weight is 323 g/mol. The quantitative estimate of drug-likeness (QED) is 0.608. The molecule has 1 aromatic rings. The Labute approximate surface area is 136 Å². The number of hydrogen-bond acceptors (Lipinski definition) is 4. The van der Waals surface area contributed by atoms with Gasteiger partial charge in [-0.1, -0.05) is 26.0 Å². The van der Waals surface area contributed by atoms with Crippen molar-refractivity contribution in [2.24, 2.45) is 11.7 Å². The summed E-state index contributed by atoms with van der Waals surface area (Å²) in [5, 5.41) is 5.51. The smallest absolute Gasteiger partial charge is 0.253 e. The van der Waals surface area contributed by atoms with Crippen molar-refractivity contribution in [3.8, 4) is 0 Å². The molecule has 2 amide bonds. The van der Waals surface area contributed by atoms with E-state index in [0.717, 1.165) is 12.2 Å². The van der Waals surface area contributed by atoms with Gasteiger partial charge in [0.15, 0.2) is 0 Å². The molecule has 0 radical (unpaired) electrons. The SMILES string of the molecule is CC(C)CCSCC(=O)Nc1ccccc1C(=O)NCCN. The molecular weight excluding hydrogens is 298 g/mol. The third-order valence-electron chi connectivity index (χ3n) is 2.95. The molecule has 4 N–H and O–H groups in total. The minimum Gasteiger partial charge on any atom is -0.351 e. The van der Waals surface area contributed by atoms with Gasteiger partial charge < -0.3 is 16.4 Å². The Morgan fingerprint density at radius 3 is 2.68 bits per heavy atom. The van der Waals surface area contributed by atoms with Crippen molar-refractivity contribution in [3.63, 3.8) is 0 Å². The predicted molar refractivity (Wildman–Crippen MR) is 93.2 cm³/mol. The fourth-order valence-electron chi connectivity index (χ4n) is 1.74. The Morgan fingerprint density at radius 1 is 1.27 bits per heavy atom. The summed E-state index contributed by atoms with van der Waals surface area (Å²) in [7, 11) is 0. The second-order valence-corrected chi connectivity index (χ2v) is 6.48. The fourth-order valence-corrected chi connectivity index (χ4v) is 2.78. The standard InChI is InChI=1S/C16H25N3O2S/c1-12(2)7-10-22-11-15(20)19-14-6-4-3-5-13(14)16(21)18-9-8-17/h3-6,12H,7-11,17H2,1-2H3,(H,18,21)(H,19,20). The Kier molecular flexibility index (Phi) is 8.62. The van der Waals surface area contributed by atoms with E-state index in [4.69, 9.17) is 5.73 Å². The third-order valence-corrected chi connectivity index (χ3v) is 3.94. The van der Waals surface area contributed by atoms with Gasteiger partial charge in [0.1, 0.15) is 0 Å². The molecule has 0 saturated heterocycles. The first-order valence-corrected chi connectivity index (χ1v) is 8.65. The molecule has 0 atom stereocenters. The van der Waals surface area contributed by atoms with E-state index in [2.05, 4.69) is 24.5 Å². The van der Waals surface area contributed by atoms with Crippen LogP contribution in [-0.2, 0) is 4.79 Å². The molecule has 0 aliphatic rings. The lowest BCUT2D eigenvalue weighted by atomic mass is 10.1. The number of carbonyl (C=O) groups excluding carboxylic acids is 2. The third kappa shape index (κ3) is 6.95. The molecule has 0 saturated carbocycles. The van der Waals surface area contributed by atoms with Gasteiger partial charge >= 0.3 is 0 Å². The number of benzene rings is 1. The lowest BCUT2D eigenvalue weighted by molar-refractivity contribution is -0.113. The summed E-state index contributed by atoms with van der Waals surface area (Å²) in [6.07, 6.45) is 1.09. The molecule has 1 aromatic carbocycles. The maximum absolute atomic E-state index is 12.0. The minimum absolute atomic E-state index is 0.0900.